The van der Waals surface area contributed by atoms with Crippen LogP contribution in [-0.4, -0.2) is 43.8 Å². The normalized spacial score (nSPS) is 24.3. The maximum absolute atomic E-state index is 12.8. The number of rotatable bonds is 6. The van der Waals surface area contributed by atoms with Crippen molar-refractivity contribution in [3.05, 3.63) is 17.5 Å². The van der Waals surface area contributed by atoms with Crippen molar-refractivity contribution in [1.29, 1.82) is 0 Å². The van der Waals surface area contributed by atoms with Gasteiger partial charge in [0.1, 0.15) is 10.3 Å². The lowest BCUT2D eigenvalue weighted by molar-refractivity contribution is -0.125. The summed E-state index contributed by atoms with van der Waals surface area (Å²) in [6.07, 6.45) is 7.06. The zero-order valence-electron chi connectivity index (χ0n) is 14.4. The van der Waals surface area contributed by atoms with Crippen LogP contribution in [0.1, 0.15) is 44.9 Å². The van der Waals surface area contributed by atoms with Crippen LogP contribution in [0.3, 0.4) is 0 Å². The minimum atomic E-state index is -3.60. The Labute approximate surface area is 153 Å². The molecule has 8 heteroatoms. The molecule has 0 radical (unpaired) electrons. The van der Waals surface area contributed by atoms with E-state index in [0.29, 0.717) is 36.1 Å². The Hall–Kier alpha value is -0.960. The van der Waals surface area contributed by atoms with E-state index >= 15 is 0 Å². The predicted octanol–water partition coefficient (Wildman–Crippen LogP) is 1.92. The van der Waals surface area contributed by atoms with E-state index in [4.69, 9.17) is 5.73 Å². The summed E-state index contributed by atoms with van der Waals surface area (Å²) in [7, 11) is -3.60. The lowest BCUT2D eigenvalue weighted by Gasteiger charge is -2.32. The van der Waals surface area contributed by atoms with Gasteiger partial charge in [-0.25, -0.2) is 8.42 Å². The molecule has 2 unspecified atom stereocenters. The number of hydrogen-bond acceptors (Lipinski definition) is 5. The molecule has 2 atom stereocenters. The number of amides is 1. The second-order valence-electron chi connectivity index (χ2n) is 6.95. The fourth-order valence-corrected chi connectivity index (χ4v) is 6.78. The zero-order chi connectivity index (χ0) is 17.9. The molecule has 1 aliphatic heterocycles. The molecule has 6 nitrogen and oxygen atoms in total. The molecule has 1 saturated heterocycles. The van der Waals surface area contributed by atoms with Gasteiger partial charge in [-0.1, -0.05) is 25.3 Å². The SMILES string of the molecule is NCC(NC(=O)C1CCCN1S(=O)(=O)c1cccs1)C1CCCCC1. The average molecular weight is 386 g/mol. The summed E-state index contributed by atoms with van der Waals surface area (Å²) < 4.78 is 27.3. The third kappa shape index (κ3) is 4.07. The van der Waals surface area contributed by atoms with E-state index < -0.39 is 16.1 Å². The molecule has 1 aliphatic carbocycles. The minimum absolute atomic E-state index is 0.0558. The molecule has 25 heavy (non-hydrogen) atoms. The average Bonchev–Trinajstić information content (AvgIpc) is 3.32. The summed E-state index contributed by atoms with van der Waals surface area (Å²) in [4.78, 5) is 12.8. The van der Waals surface area contributed by atoms with Crippen molar-refractivity contribution < 1.29 is 13.2 Å². The zero-order valence-corrected chi connectivity index (χ0v) is 16.0. The summed E-state index contributed by atoms with van der Waals surface area (Å²) >= 11 is 1.19. The van der Waals surface area contributed by atoms with Crippen LogP contribution in [0, 0.1) is 5.92 Å². The third-order valence-corrected chi connectivity index (χ3v) is 8.65. The molecular weight excluding hydrogens is 358 g/mol. The molecule has 140 valence electrons. The second-order valence-corrected chi connectivity index (χ2v) is 10.0. The molecule has 0 spiro atoms. The first-order chi connectivity index (χ1) is 12.0. The third-order valence-electron chi connectivity index (χ3n) is 5.36. The number of carbonyl (C=O) groups excluding carboxylic acids is 1. The summed E-state index contributed by atoms with van der Waals surface area (Å²) in [6, 6.07) is 2.64. The van der Waals surface area contributed by atoms with Crippen LogP contribution in [0.4, 0.5) is 0 Å². The Kier molecular flexibility index (Phi) is 6.14. The summed E-state index contributed by atoms with van der Waals surface area (Å²) in [5.41, 5.74) is 5.90. The largest absolute Gasteiger partial charge is 0.350 e. The van der Waals surface area contributed by atoms with E-state index in [1.807, 2.05) is 0 Å². The molecule has 2 aliphatic rings. The Bertz CT molecular complexity index is 669. The summed E-state index contributed by atoms with van der Waals surface area (Å²) in [5, 5.41) is 4.80. The highest BCUT2D eigenvalue weighted by atomic mass is 32.2. The maximum atomic E-state index is 12.8. The van der Waals surface area contributed by atoms with Gasteiger partial charge >= 0.3 is 0 Å². The van der Waals surface area contributed by atoms with Gasteiger partial charge in [-0.05, 0) is 43.0 Å². The van der Waals surface area contributed by atoms with Gasteiger partial charge in [0.2, 0.25) is 5.91 Å². The number of nitrogens with two attached hydrogens (primary N) is 1. The molecule has 1 aromatic rings. The topological polar surface area (TPSA) is 92.5 Å². The number of nitrogens with zero attached hydrogens (tertiary/aromatic N) is 1. The van der Waals surface area contributed by atoms with Crippen molar-refractivity contribution in [2.24, 2.45) is 11.7 Å². The number of hydrogen-bond donors (Lipinski definition) is 2. The van der Waals surface area contributed by atoms with Crippen LogP contribution in [0.15, 0.2) is 21.7 Å². The van der Waals surface area contributed by atoms with Gasteiger partial charge in [0.25, 0.3) is 10.0 Å². The monoisotopic (exact) mass is 385 g/mol. The minimum Gasteiger partial charge on any atom is -0.350 e. The maximum Gasteiger partial charge on any atom is 0.253 e. The summed E-state index contributed by atoms with van der Waals surface area (Å²) in [6.45, 7) is 0.801. The molecule has 3 N–H and O–H groups in total. The fraction of sp³-hybridized carbons (Fsp3) is 0.706. The van der Waals surface area contributed by atoms with E-state index in [1.165, 1.54) is 34.9 Å². The summed E-state index contributed by atoms with van der Waals surface area (Å²) in [5.74, 6) is 0.213. The Morgan fingerprint density at radius 2 is 2.04 bits per heavy atom. The van der Waals surface area contributed by atoms with Crippen LogP contribution < -0.4 is 11.1 Å². The van der Waals surface area contributed by atoms with E-state index in [2.05, 4.69) is 5.32 Å². The number of nitrogens with one attached hydrogen (secondary N) is 1. The molecular formula is C17H27N3O3S2. The number of carbonyl (C=O) groups is 1. The van der Waals surface area contributed by atoms with Crippen molar-refractivity contribution >= 4 is 27.3 Å². The van der Waals surface area contributed by atoms with Crippen molar-refractivity contribution in [2.75, 3.05) is 13.1 Å². The predicted molar refractivity (Wildman–Crippen MR) is 98.8 cm³/mol. The van der Waals surface area contributed by atoms with Crippen LogP contribution in [0.25, 0.3) is 0 Å². The first kappa shape index (κ1) is 18.8. The van der Waals surface area contributed by atoms with Gasteiger partial charge in [-0.2, -0.15) is 4.31 Å². The van der Waals surface area contributed by atoms with Gasteiger partial charge in [-0.3, -0.25) is 4.79 Å². The molecule has 3 rings (SSSR count). The Morgan fingerprint density at radius 1 is 1.28 bits per heavy atom. The smallest absolute Gasteiger partial charge is 0.253 e. The molecule has 0 bridgehead atoms. The molecule has 1 aromatic heterocycles. The molecule has 1 saturated carbocycles. The standard InChI is InChI=1S/C17H27N3O3S2/c18-12-14(13-6-2-1-3-7-13)19-17(21)15-8-4-10-20(15)25(22,23)16-9-5-11-24-16/h5,9,11,13-15H,1-4,6-8,10,12,18H2,(H,19,21). The van der Waals surface area contributed by atoms with Gasteiger partial charge in [-0.15, -0.1) is 11.3 Å². The quantitative estimate of drug-likeness (QED) is 0.782. The van der Waals surface area contributed by atoms with E-state index in [-0.39, 0.29) is 11.9 Å². The van der Waals surface area contributed by atoms with Gasteiger partial charge in [0.15, 0.2) is 0 Å². The van der Waals surface area contributed by atoms with Gasteiger partial charge < -0.3 is 11.1 Å². The lowest BCUT2D eigenvalue weighted by atomic mass is 9.84. The van der Waals surface area contributed by atoms with Crippen molar-refractivity contribution in [3.8, 4) is 0 Å². The highest BCUT2D eigenvalue weighted by Gasteiger charge is 2.40. The molecule has 0 aromatic carbocycles. The van der Waals surface area contributed by atoms with Crippen molar-refractivity contribution in [2.45, 2.75) is 61.2 Å². The Morgan fingerprint density at radius 3 is 2.68 bits per heavy atom. The van der Waals surface area contributed by atoms with Crippen LogP contribution >= 0.6 is 11.3 Å². The van der Waals surface area contributed by atoms with Crippen LogP contribution in [-0.2, 0) is 14.8 Å². The first-order valence-electron chi connectivity index (χ1n) is 9.10. The van der Waals surface area contributed by atoms with Crippen LogP contribution in [0.5, 0.6) is 0 Å². The van der Waals surface area contributed by atoms with Crippen molar-refractivity contribution in [3.63, 3.8) is 0 Å². The van der Waals surface area contributed by atoms with E-state index in [9.17, 15) is 13.2 Å². The number of sulfonamides is 1. The van der Waals surface area contributed by atoms with Crippen LogP contribution in [0.2, 0.25) is 0 Å². The highest BCUT2D eigenvalue weighted by Crippen LogP contribution is 2.30. The molecule has 2 fully saturated rings. The van der Waals surface area contributed by atoms with E-state index in [1.54, 1.807) is 17.5 Å². The number of thiophene rings is 1. The van der Waals surface area contributed by atoms with Gasteiger partial charge in [0.05, 0.1) is 0 Å². The van der Waals surface area contributed by atoms with Gasteiger partial charge in [0, 0.05) is 19.1 Å². The highest BCUT2D eigenvalue weighted by molar-refractivity contribution is 7.91. The Balaban J connectivity index is 1.70. The van der Waals surface area contributed by atoms with E-state index in [0.717, 1.165) is 12.8 Å². The molecule has 1 amide bonds. The lowest BCUT2D eigenvalue weighted by Crippen LogP contribution is -2.52. The second kappa shape index (κ2) is 8.16. The van der Waals surface area contributed by atoms with Crippen molar-refractivity contribution in [1.82, 2.24) is 9.62 Å². The first-order valence-corrected chi connectivity index (χ1v) is 11.4. The fourth-order valence-electron chi connectivity index (χ4n) is 4.00. The molecule has 2 heterocycles.